The Morgan fingerprint density at radius 2 is 0.792 bits per heavy atom. The van der Waals surface area contributed by atoms with Crippen LogP contribution in [-0.4, -0.2) is 39.6 Å². The molecule has 284 valence electrons. The molecule has 0 radical (unpaired) electrons. The van der Waals surface area contributed by atoms with Crippen molar-refractivity contribution < 1.29 is 27.1 Å². The summed E-state index contributed by atoms with van der Waals surface area (Å²) in [6.07, 6.45) is 0. The fourth-order valence-corrected chi connectivity index (χ4v) is 14.7. The third kappa shape index (κ3) is 25.9. The Hall–Kier alpha value is 1.99. The highest BCUT2D eigenvalue weighted by Gasteiger charge is 2.22. The van der Waals surface area contributed by atoms with Crippen molar-refractivity contribution in [2.24, 2.45) is 0 Å². The lowest BCUT2D eigenvalue weighted by Gasteiger charge is -2.26. The molecule has 8 nitrogen and oxygen atoms in total. The van der Waals surface area contributed by atoms with E-state index in [0.29, 0.717) is 51.4 Å². The summed E-state index contributed by atoms with van der Waals surface area (Å²) in [5.74, 6) is 2.59. The van der Waals surface area contributed by atoms with Crippen LogP contribution in [0.5, 0.6) is 0 Å². The normalized spacial score (nSPS) is 11.0. The Balaban J connectivity index is -0.000000363. The molecule has 0 heterocycles. The summed E-state index contributed by atoms with van der Waals surface area (Å²) in [4.78, 5) is 0. The van der Waals surface area contributed by atoms with Crippen LogP contribution in [0.25, 0.3) is 0 Å². The van der Waals surface area contributed by atoms with Gasteiger partial charge in [-0.1, -0.05) is 83.1 Å². The molecule has 0 unspecified atom stereocenters. The van der Waals surface area contributed by atoms with Gasteiger partial charge in [0.1, 0.15) is 0 Å². The zero-order chi connectivity index (χ0) is 34.2. The summed E-state index contributed by atoms with van der Waals surface area (Å²) in [5.41, 5.74) is -2.19. The Kier molecular flexibility index (Phi) is 39.6. The van der Waals surface area contributed by atoms with E-state index in [9.17, 15) is 0 Å². The number of rotatable bonds is 20. The van der Waals surface area contributed by atoms with Crippen molar-refractivity contribution in [3.63, 3.8) is 0 Å². The molecule has 48 heavy (non-hydrogen) atoms. The van der Waals surface area contributed by atoms with Gasteiger partial charge in [0, 0.05) is 36.5 Å². The first-order chi connectivity index (χ1) is 21.4. The van der Waals surface area contributed by atoms with Crippen molar-refractivity contribution in [3.8, 4) is 0 Å². The van der Waals surface area contributed by atoms with Gasteiger partial charge < -0.3 is 51.7 Å². The van der Waals surface area contributed by atoms with Crippen LogP contribution in [0.15, 0.2) is 48.5 Å². The Bertz CT molecular complexity index is 1130. The lowest BCUT2D eigenvalue weighted by molar-refractivity contribution is 0.280. The van der Waals surface area contributed by atoms with E-state index in [-0.39, 0.29) is 24.7 Å². The van der Waals surface area contributed by atoms with Crippen LogP contribution in [0.3, 0.4) is 0 Å². The smallest absolute Gasteiger partial charge is 0.247 e. The van der Waals surface area contributed by atoms with E-state index < -0.39 is 17.1 Å². The predicted molar refractivity (Wildman–Crippen MR) is 232 cm³/mol. The second-order valence-electron chi connectivity index (χ2n) is 8.20. The molecular formula is C28H53Cl3N2O6P3S6-. The van der Waals surface area contributed by atoms with Gasteiger partial charge in [0.25, 0.3) is 0 Å². The lowest BCUT2D eigenvalue weighted by Crippen LogP contribution is -1.96. The molecule has 2 aromatic rings. The highest BCUT2D eigenvalue weighted by Crippen LogP contribution is 2.63. The van der Waals surface area contributed by atoms with Crippen molar-refractivity contribution in [1.29, 1.82) is 0 Å². The largest absolute Gasteiger partial charge is 0.691 e. The molecule has 0 spiro atoms. The Morgan fingerprint density at radius 1 is 0.542 bits per heavy atom. The number of hydrogen-bond donors (Lipinski definition) is 2. The highest BCUT2D eigenvalue weighted by molar-refractivity contribution is 8.68. The summed E-state index contributed by atoms with van der Waals surface area (Å²) in [5, 5.41) is 0. The van der Waals surface area contributed by atoms with Gasteiger partial charge in [0.15, 0.2) is 0 Å². The molecule has 2 aromatic carbocycles. The van der Waals surface area contributed by atoms with Crippen LogP contribution in [0.1, 0.15) is 63.8 Å². The maximum absolute atomic E-state index is 5.72. The maximum Gasteiger partial charge on any atom is 0.247 e. The first-order valence-electron chi connectivity index (χ1n) is 14.3. The van der Waals surface area contributed by atoms with Crippen molar-refractivity contribution in [1.82, 2.24) is 12.3 Å². The van der Waals surface area contributed by atoms with Crippen LogP contribution < -0.4 is 12.3 Å². The van der Waals surface area contributed by atoms with E-state index in [1.165, 1.54) is 11.1 Å². The first kappa shape index (κ1) is 56.7. The van der Waals surface area contributed by atoms with Gasteiger partial charge in [-0.25, -0.2) is 0 Å². The van der Waals surface area contributed by atoms with E-state index >= 15 is 0 Å². The zero-order valence-electron chi connectivity index (χ0n) is 28.5. The average molecular weight is 905 g/mol. The molecule has 2 rings (SSSR count). The summed E-state index contributed by atoms with van der Waals surface area (Å²) in [7, 11) is 0. The molecule has 0 aliphatic heterocycles. The number of alkyl halides is 2. The van der Waals surface area contributed by atoms with Crippen LogP contribution in [0, 0.1) is 0 Å². The van der Waals surface area contributed by atoms with Crippen LogP contribution >= 0.6 is 75.5 Å². The number of benzene rings is 2. The monoisotopic (exact) mass is 903 g/mol. The van der Waals surface area contributed by atoms with E-state index in [1.807, 2.05) is 77.9 Å². The van der Waals surface area contributed by atoms with E-state index in [1.54, 1.807) is 22.8 Å². The minimum absolute atomic E-state index is 0. The van der Waals surface area contributed by atoms with Crippen molar-refractivity contribution in [3.05, 3.63) is 70.8 Å². The van der Waals surface area contributed by atoms with Crippen molar-refractivity contribution >= 4 is 123 Å². The summed E-state index contributed by atoms with van der Waals surface area (Å²) in [6, 6.07) is 16.2. The number of halogens is 3. The number of hydrogen-bond acceptors (Lipinski definition) is 14. The quantitative estimate of drug-likeness (QED) is 0.0743. The lowest BCUT2D eigenvalue weighted by atomic mass is 10.1. The highest BCUT2D eigenvalue weighted by atomic mass is 35.5. The first-order valence-corrected chi connectivity index (χ1v) is 27.5. The zero-order valence-corrected chi connectivity index (χ0v) is 38.4. The fourth-order valence-electron chi connectivity index (χ4n) is 3.16. The molecule has 0 aromatic heterocycles. The van der Waals surface area contributed by atoms with Crippen molar-refractivity contribution in [2.75, 3.05) is 39.6 Å². The molecule has 0 bridgehead atoms. The van der Waals surface area contributed by atoms with E-state index in [0.717, 1.165) is 22.6 Å². The second kappa shape index (κ2) is 33.6. The molecule has 0 atom stereocenters. The summed E-state index contributed by atoms with van der Waals surface area (Å²) in [6.45, 7) is 14.8. The summed E-state index contributed by atoms with van der Waals surface area (Å²) >= 11 is 35.3. The fraction of sp³-hybridized carbons (Fsp3) is 0.571. The molecule has 0 saturated heterocycles. The van der Waals surface area contributed by atoms with E-state index in [2.05, 4.69) is 12.1 Å². The third-order valence-electron chi connectivity index (χ3n) is 5.00. The van der Waals surface area contributed by atoms with Gasteiger partial charge in [-0.3, -0.25) is 0 Å². The third-order valence-corrected chi connectivity index (χ3v) is 18.9. The van der Waals surface area contributed by atoms with Gasteiger partial charge >= 0.3 is 0 Å². The molecule has 0 aliphatic rings. The molecule has 20 heteroatoms. The standard InChI is InChI=1S/C16H28O4P2S4.C8H8Cl2.C4H11O2PS2.ClH.2H3N/c1-5-17-21(23,18-6-2)25-13-15-11-9-10-12-16(15)14-26-22(24,19-7-3)20-8-4;9-5-7-3-1-2-4-8(7)6-10;1-3-5-7(8,9)6-4-2;;;/h9-12H,5-8,13-14H2,1-4H3;1-4H,5-6H2;3-4H2,1-2H3,(H,8,9);1H;2*1H3/p-1. The second-order valence-corrected chi connectivity index (χ2v) is 26.3. The molecule has 0 fully saturated rings. The Morgan fingerprint density at radius 3 is 1.02 bits per heavy atom. The van der Waals surface area contributed by atoms with Gasteiger partial charge in [0.05, 0.1) is 32.1 Å². The van der Waals surface area contributed by atoms with Crippen LogP contribution in [-0.2, 0) is 98.1 Å². The van der Waals surface area contributed by atoms with Crippen molar-refractivity contribution in [2.45, 2.75) is 64.8 Å². The SMILES string of the molecule is CCOP(=S)(OCC)SCc1ccccc1CSP(=S)(OCC)OCC.CCOP(=S)([S-])OCC.Cl.ClCc1ccccc1CCl.N.N. The molecule has 0 amide bonds. The van der Waals surface area contributed by atoms with Gasteiger partial charge in [-0.15, -0.1) is 35.6 Å². The van der Waals surface area contributed by atoms with E-state index in [4.69, 9.17) is 98.0 Å². The van der Waals surface area contributed by atoms with Gasteiger partial charge in [-0.2, -0.15) is 0 Å². The minimum atomic E-state index is -2.30. The van der Waals surface area contributed by atoms with Crippen LogP contribution in [0.4, 0.5) is 0 Å². The molecule has 6 N–H and O–H groups in total. The summed E-state index contributed by atoms with van der Waals surface area (Å²) < 4.78 is 32.9. The average Bonchev–Trinajstić information content (AvgIpc) is 3.00. The van der Waals surface area contributed by atoms with Crippen LogP contribution in [0.2, 0.25) is 0 Å². The molecule has 0 saturated carbocycles. The maximum atomic E-state index is 5.72. The minimum Gasteiger partial charge on any atom is -0.691 e. The molecule has 0 aliphatic carbocycles. The van der Waals surface area contributed by atoms with Gasteiger partial charge in [0.2, 0.25) is 11.4 Å². The predicted octanol–water partition coefficient (Wildman–Crippen LogP) is 12.5. The topological polar surface area (TPSA) is 125 Å². The molecular weight excluding hydrogens is 852 g/mol. The van der Waals surface area contributed by atoms with Gasteiger partial charge in [-0.05, 0) is 87.4 Å². The Labute approximate surface area is 335 Å².